The van der Waals surface area contributed by atoms with Gasteiger partial charge in [-0.25, -0.2) is 10.1 Å². The molecule has 2 heteroatoms. The van der Waals surface area contributed by atoms with Gasteiger partial charge in [0.15, 0.2) is 0 Å². The van der Waals surface area contributed by atoms with Gasteiger partial charge in [0.1, 0.15) is 0 Å². The highest BCUT2D eigenvalue weighted by atomic mass is 14.7. The van der Waals surface area contributed by atoms with Gasteiger partial charge in [0.05, 0.1) is 12.6 Å². The Labute approximate surface area is 88.6 Å². The number of nitrogens with zero attached hydrogens (tertiary/aromatic N) is 2. The number of hydrogen-bond acceptors (Lipinski definition) is 1. The summed E-state index contributed by atoms with van der Waals surface area (Å²) in [6, 6.07) is 9.82. The van der Waals surface area contributed by atoms with Gasteiger partial charge < -0.3 is 0 Å². The number of nitriles is 1. The summed E-state index contributed by atoms with van der Waals surface area (Å²) in [5.41, 5.74) is 3.09. The van der Waals surface area contributed by atoms with Crippen LogP contribution in [0.15, 0.2) is 42.1 Å². The van der Waals surface area contributed by atoms with Gasteiger partial charge in [-0.05, 0) is 23.1 Å². The van der Waals surface area contributed by atoms with Gasteiger partial charge in [-0.15, -0.1) is 0 Å². The van der Waals surface area contributed by atoms with Crippen molar-refractivity contribution in [2.75, 3.05) is 0 Å². The number of rotatable bonds is 0. The van der Waals surface area contributed by atoms with Gasteiger partial charge >= 0.3 is 0 Å². The zero-order chi connectivity index (χ0) is 10.7. The molecule has 2 nitrogen and oxygen atoms in total. The van der Waals surface area contributed by atoms with Gasteiger partial charge in [0, 0.05) is 0 Å². The van der Waals surface area contributed by atoms with Crippen LogP contribution in [0.2, 0.25) is 0 Å². The molecule has 0 saturated carbocycles. The van der Waals surface area contributed by atoms with Crippen molar-refractivity contribution >= 4 is 5.57 Å². The summed E-state index contributed by atoms with van der Waals surface area (Å²) in [5.74, 6) is 0. The fourth-order valence-electron chi connectivity index (χ4n) is 1.71. The zero-order valence-corrected chi connectivity index (χ0v) is 8.07. The molecule has 2 rings (SSSR count). The average molecular weight is 192 g/mol. The van der Waals surface area contributed by atoms with E-state index in [1.807, 2.05) is 42.5 Å². The molecule has 1 aliphatic carbocycles. The van der Waals surface area contributed by atoms with E-state index >= 15 is 0 Å². The maximum absolute atomic E-state index is 8.85. The highest BCUT2D eigenvalue weighted by Crippen LogP contribution is 2.28. The summed E-state index contributed by atoms with van der Waals surface area (Å²) in [6.07, 6.45) is 4.72. The van der Waals surface area contributed by atoms with Crippen LogP contribution in [0, 0.1) is 17.9 Å². The molecule has 0 atom stereocenters. The SMILES string of the molecule is [C-]#[N+]/C(C#N)=C1\C=CCc2ccccc21. The molecule has 15 heavy (non-hydrogen) atoms. The average Bonchev–Trinajstić information content (AvgIpc) is 2.31. The van der Waals surface area contributed by atoms with E-state index in [4.69, 9.17) is 11.8 Å². The van der Waals surface area contributed by atoms with Crippen LogP contribution in [0.1, 0.15) is 11.1 Å². The van der Waals surface area contributed by atoms with E-state index in [-0.39, 0.29) is 5.70 Å². The van der Waals surface area contributed by atoms with Crippen LogP contribution < -0.4 is 0 Å². The minimum Gasteiger partial charge on any atom is -0.226 e. The van der Waals surface area contributed by atoms with Crippen LogP contribution in [-0.2, 0) is 6.42 Å². The quantitative estimate of drug-likeness (QED) is 0.458. The summed E-state index contributed by atoms with van der Waals surface area (Å²) < 4.78 is 0. The molecular formula is C13H8N2. The summed E-state index contributed by atoms with van der Waals surface area (Å²) >= 11 is 0. The first-order valence-electron chi connectivity index (χ1n) is 4.63. The molecular weight excluding hydrogens is 184 g/mol. The number of benzene rings is 1. The van der Waals surface area contributed by atoms with Crippen LogP contribution in [0.5, 0.6) is 0 Å². The van der Waals surface area contributed by atoms with E-state index in [2.05, 4.69) is 4.85 Å². The Balaban J connectivity index is 2.68. The van der Waals surface area contributed by atoms with Crippen LogP contribution in [0.3, 0.4) is 0 Å². The van der Waals surface area contributed by atoms with Gasteiger partial charge in [-0.3, -0.25) is 0 Å². The maximum Gasteiger partial charge on any atom is 0.269 e. The summed E-state index contributed by atoms with van der Waals surface area (Å²) in [5, 5.41) is 8.85. The minimum absolute atomic E-state index is 0.165. The van der Waals surface area contributed by atoms with Crippen molar-refractivity contribution in [2.24, 2.45) is 0 Å². The van der Waals surface area contributed by atoms with E-state index < -0.39 is 0 Å². The standard InChI is InChI=1S/C13H8N2/c1-15-13(9-14)12-8-4-6-10-5-2-3-7-11(10)12/h2-5,7-8H,6H2/b13-12+. The van der Waals surface area contributed by atoms with E-state index in [1.54, 1.807) is 0 Å². The molecule has 0 unspecified atom stereocenters. The van der Waals surface area contributed by atoms with Crippen molar-refractivity contribution in [2.45, 2.75) is 6.42 Å². The van der Waals surface area contributed by atoms with Gasteiger partial charge in [-0.2, -0.15) is 0 Å². The fraction of sp³-hybridized carbons (Fsp3) is 0.0769. The smallest absolute Gasteiger partial charge is 0.226 e. The second-order valence-corrected chi connectivity index (χ2v) is 3.25. The molecule has 0 saturated heterocycles. The lowest BCUT2D eigenvalue weighted by Gasteiger charge is -2.13. The zero-order valence-electron chi connectivity index (χ0n) is 8.07. The molecule has 0 aromatic heterocycles. The summed E-state index contributed by atoms with van der Waals surface area (Å²) in [6.45, 7) is 6.95. The second kappa shape index (κ2) is 3.82. The van der Waals surface area contributed by atoms with Crippen LogP contribution in [-0.4, -0.2) is 0 Å². The topological polar surface area (TPSA) is 28.1 Å². The molecule has 1 aromatic rings. The normalized spacial score (nSPS) is 16.1. The third kappa shape index (κ3) is 1.54. The van der Waals surface area contributed by atoms with E-state index in [0.717, 1.165) is 17.6 Å². The van der Waals surface area contributed by atoms with Crippen molar-refractivity contribution in [3.63, 3.8) is 0 Å². The largest absolute Gasteiger partial charge is 0.269 e. The lowest BCUT2D eigenvalue weighted by molar-refractivity contribution is 1.23. The number of hydrogen-bond donors (Lipinski definition) is 0. The highest BCUT2D eigenvalue weighted by molar-refractivity contribution is 5.83. The summed E-state index contributed by atoms with van der Waals surface area (Å²) in [4.78, 5) is 3.25. The van der Waals surface area contributed by atoms with Gasteiger partial charge in [-0.1, -0.05) is 36.4 Å². The Morgan fingerprint density at radius 1 is 1.40 bits per heavy atom. The van der Waals surface area contributed by atoms with Crippen LogP contribution in [0.4, 0.5) is 0 Å². The molecule has 70 valence electrons. The van der Waals surface area contributed by atoms with Crippen LogP contribution in [0.25, 0.3) is 10.4 Å². The number of allylic oxidation sites excluding steroid dienone is 4. The van der Waals surface area contributed by atoms with E-state index in [9.17, 15) is 0 Å². The molecule has 0 bridgehead atoms. The van der Waals surface area contributed by atoms with Crippen molar-refractivity contribution in [3.8, 4) is 6.07 Å². The van der Waals surface area contributed by atoms with Gasteiger partial charge in [0.2, 0.25) is 0 Å². The van der Waals surface area contributed by atoms with Crippen molar-refractivity contribution in [3.05, 3.63) is 64.7 Å². The predicted molar refractivity (Wildman–Crippen MR) is 58.4 cm³/mol. The first-order valence-corrected chi connectivity index (χ1v) is 4.63. The minimum atomic E-state index is 0.165. The monoisotopic (exact) mass is 192 g/mol. The molecule has 0 heterocycles. The maximum atomic E-state index is 8.85. The molecule has 0 N–H and O–H groups in total. The Kier molecular flexibility index (Phi) is 2.35. The van der Waals surface area contributed by atoms with Crippen molar-refractivity contribution in [1.82, 2.24) is 0 Å². The lowest BCUT2D eigenvalue weighted by atomic mass is 9.91. The summed E-state index contributed by atoms with van der Waals surface area (Å²) in [7, 11) is 0. The first kappa shape index (κ1) is 9.24. The van der Waals surface area contributed by atoms with Gasteiger partial charge in [0.25, 0.3) is 5.70 Å². The molecule has 0 radical (unpaired) electrons. The molecule has 0 fully saturated rings. The Bertz CT molecular complexity index is 520. The lowest BCUT2D eigenvalue weighted by Crippen LogP contribution is -1.97. The third-order valence-electron chi connectivity index (χ3n) is 2.40. The first-order chi connectivity index (χ1) is 7.36. The molecule has 0 aliphatic heterocycles. The molecule has 0 amide bonds. The Morgan fingerprint density at radius 3 is 2.93 bits per heavy atom. The van der Waals surface area contributed by atoms with E-state index in [1.165, 1.54) is 5.56 Å². The third-order valence-corrected chi connectivity index (χ3v) is 2.40. The fourth-order valence-corrected chi connectivity index (χ4v) is 1.71. The molecule has 1 aliphatic rings. The van der Waals surface area contributed by atoms with E-state index in [0.29, 0.717) is 0 Å². The Morgan fingerprint density at radius 2 is 2.20 bits per heavy atom. The second-order valence-electron chi connectivity index (χ2n) is 3.25. The van der Waals surface area contributed by atoms with Crippen molar-refractivity contribution < 1.29 is 0 Å². The van der Waals surface area contributed by atoms with Crippen LogP contribution >= 0.6 is 0 Å². The molecule has 1 aromatic carbocycles. The number of fused-ring (bicyclic) bond motifs is 1. The Hall–Kier alpha value is -2.32. The molecule has 0 spiro atoms. The highest BCUT2D eigenvalue weighted by Gasteiger charge is 2.12. The van der Waals surface area contributed by atoms with Crippen molar-refractivity contribution in [1.29, 1.82) is 5.26 Å². The predicted octanol–water partition coefficient (Wildman–Crippen LogP) is 2.95.